The fourth-order valence-electron chi connectivity index (χ4n) is 1.14. The molecule has 0 fully saturated rings. The Hall–Kier alpha value is -1.38. The third-order valence-corrected chi connectivity index (χ3v) is 1.96. The van der Waals surface area contributed by atoms with Crippen LogP contribution in [-0.4, -0.2) is 19.4 Å². The molecular formula is C12H18O3. The van der Waals surface area contributed by atoms with Crippen LogP contribution in [0.5, 0.6) is 0 Å². The molecule has 0 spiro atoms. The first-order valence-corrected chi connectivity index (χ1v) is 5.10. The third-order valence-electron chi connectivity index (χ3n) is 1.96. The lowest BCUT2D eigenvalue weighted by atomic mass is 10.1. The van der Waals surface area contributed by atoms with Crippen LogP contribution in [0.25, 0.3) is 0 Å². The van der Waals surface area contributed by atoms with Gasteiger partial charge in [-0.25, -0.2) is 4.79 Å². The molecule has 0 saturated heterocycles. The molecule has 0 aromatic rings. The standard InChI is InChI=1S/C12H18O3/c1-3-4-8-11(12(14)15-2)9-6-5-7-10-13/h3-4,8,10H,5-7,9H2,1-2H3/b4-3+,11-8+. The number of hydrogen-bond acceptors (Lipinski definition) is 3. The molecule has 0 aromatic heterocycles. The Labute approximate surface area is 90.8 Å². The van der Waals surface area contributed by atoms with Crippen molar-refractivity contribution in [2.75, 3.05) is 7.11 Å². The summed E-state index contributed by atoms with van der Waals surface area (Å²) in [5, 5.41) is 0. The number of methoxy groups -OCH3 is 1. The normalized spacial score (nSPS) is 11.7. The molecule has 3 nitrogen and oxygen atoms in total. The van der Waals surface area contributed by atoms with Gasteiger partial charge in [0.1, 0.15) is 6.29 Å². The van der Waals surface area contributed by atoms with Gasteiger partial charge in [-0.15, -0.1) is 0 Å². The maximum atomic E-state index is 11.3. The van der Waals surface area contributed by atoms with E-state index in [1.54, 1.807) is 6.08 Å². The maximum absolute atomic E-state index is 11.3. The Morgan fingerprint density at radius 2 is 2.07 bits per heavy atom. The Balaban J connectivity index is 4.13. The predicted molar refractivity (Wildman–Crippen MR) is 59.4 cm³/mol. The first-order chi connectivity index (χ1) is 7.26. The molecule has 0 aliphatic rings. The maximum Gasteiger partial charge on any atom is 0.333 e. The average Bonchev–Trinajstić information content (AvgIpc) is 2.27. The van der Waals surface area contributed by atoms with Crippen LogP contribution < -0.4 is 0 Å². The molecule has 3 heteroatoms. The Bertz CT molecular complexity index is 252. The van der Waals surface area contributed by atoms with Crippen molar-refractivity contribution in [2.24, 2.45) is 0 Å². The minimum Gasteiger partial charge on any atom is -0.466 e. The van der Waals surface area contributed by atoms with E-state index in [0.717, 1.165) is 19.1 Å². The van der Waals surface area contributed by atoms with Crippen molar-refractivity contribution in [2.45, 2.75) is 32.6 Å². The fourth-order valence-corrected chi connectivity index (χ4v) is 1.14. The van der Waals surface area contributed by atoms with Crippen molar-refractivity contribution >= 4 is 12.3 Å². The number of carbonyl (C=O) groups is 2. The summed E-state index contributed by atoms with van der Waals surface area (Å²) in [5.41, 5.74) is 0.654. The lowest BCUT2D eigenvalue weighted by molar-refractivity contribution is -0.136. The van der Waals surface area contributed by atoms with E-state index in [0.29, 0.717) is 18.4 Å². The van der Waals surface area contributed by atoms with Gasteiger partial charge in [-0.3, -0.25) is 0 Å². The van der Waals surface area contributed by atoms with Gasteiger partial charge < -0.3 is 9.53 Å². The summed E-state index contributed by atoms with van der Waals surface area (Å²) < 4.78 is 4.66. The molecule has 15 heavy (non-hydrogen) atoms. The molecule has 0 aliphatic heterocycles. The zero-order chi connectivity index (χ0) is 11.5. The summed E-state index contributed by atoms with van der Waals surface area (Å²) in [5.74, 6) is -0.292. The van der Waals surface area contributed by atoms with Crippen LogP contribution in [-0.2, 0) is 14.3 Å². The minimum absolute atomic E-state index is 0.292. The summed E-state index contributed by atoms with van der Waals surface area (Å²) in [6.45, 7) is 1.89. The van der Waals surface area contributed by atoms with E-state index in [-0.39, 0.29) is 5.97 Å². The van der Waals surface area contributed by atoms with Gasteiger partial charge in [-0.2, -0.15) is 0 Å². The van der Waals surface area contributed by atoms with Crippen LogP contribution in [0.2, 0.25) is 0 Å². The number of esters is 1. The van der Waals surface area contributed by atoms with Crippen LogP contribution in [0.4, 0.5) is 0 Å². The predicted octanol–water partition coefficient (Wildman–Crippen LogP) is 2.42. The van der Waals surface area contributed by atoms with Crippen LogP contribution in [0.1, 0.15) is 32.6 Å². The van der Waals surface area contributed by atoms with Gasteiger partial charge in [0, 0.05) is 12.0 Å². The van der Waals surface area contributed by atoms with Crippen LogP contribution in [0.15, 0.2) is 23.8 Å². The number of hydrogen-bond donors (Lipinski definition) is 0. The van der Waals surface area contributed by atoms with E-state index < -0.39 is 0 Å². The lowest BCUT2D eigenvalue weighted by Crippen LogP contribution is -2.04. The summed E-state index contributed by atoms with van der Waals surface area (Å²) >= 11 is 0. The highest BCUT2D eigenvalue weighted by atomic mass is 16.5. The van der Waals surface area contributed by atoms with E-state index >= 15 is 0 Å². The van der Waals surface area contributed by atoms with Gasteiger partial charge >= 0.3 is 5.97 Å². The van der Waals surface area contributed by atoms with Gasteiger partial charge in [0.2, 0.25) is 0 Å². The van der Waals surface area contributed by atoms with Gasteiger partial charge in [-0.1, -0.05) is 18.2 Å². The van der Waals surface area contributed by atoms with Crippen molar-refractivity contribution in [1.82, 2.24) is 0 Å². The molecule has 0 aromatic carbocycles. The molecule has 0 aliphatic carbocycles. The van der Waals surface area contributed by atoms with Crippen molar-refractivity contribution in [3.05, 3.63) is 23.8 Å². The molecule has 0 saturated carbocycles. The quantitative estimate of drug-likeness (QED) is 0.213. The number of ether oxygens (including phenoxy) is 1. The number of unbranched alkanes of at least 4 members (excludes halogenated alkanes) is 2. The second-order valence-corrected chi connectivity index (χ2v) is 3.12. The van der Waals surface area contributed by atoms with Gasteiger partial charge in [-0.05, 0) is 26.2 Å². The van der Waals surface area contributed by atoms with E-state index in [1.165, 1.54) is 7.11 Å². The van der Waals surface area contributed by atoms with E-state index in [9.17, 15) is 9.59 Å². The van der Waals surface area contributed by atoms with E-state index in [2.05, 4.69) is 4.74 Å². The topological polar surface area (TPSA) is 43.4 Å². The molecule has 0 atom stereocenters. The Kier molecular flexibility index (Phi) is 8.34. The highest BCUT2D eigenvalue weighted by Gasteiger charge is 2.07. The molecule has 0 radical (unpaired) electrons. The van der Waals surface area contributed by atoms with E-state index in [1.807, 2.05) is 19.1 Å². The molecular weight excluding hydrogens is 192 g/mol. The first-order valence-electron chi connectivity index (χ1n) is 5.10. The summed E-state index contributed by atoms with van der Waals surface area (Å²) in [7, 11) is 1.37. The average molecular weight is 210 g/mol. The monoisotopic (exact) mass is 210 g/mol. The largest absolute Gasteiger partial charge is 0.466 e. The number of rotatable bonds is 7. The molecule has 0 bridgehead atoms. The van der Waals surface area contributed by atoms with Crippen molar-refractivity contribution in [3.63, 3.8) is 0 Å². The van der Waals surface area contributed by atoms with Crippen molar-refractivity contribution in [3.8, 4) is 0 Å². The number of aldehydes is 1. The molecule has 0 unspecified atom stereocenters. The van der Waals surface area contributed by atoms with Gasteiger partial charge in [0.05, 0.1) is 7.11 Å². The second kappa shape index (κ2) is 9.19. The molecule has 0 rings (SSSR count). The SMILES string of the molecule is C/C=C/C=C(\CCCCC=O)C(=O)OC. The summed E-state index contributed by atoms with van der Waals surface area (Å²) in [6, 6.07) is 0. The van der Waals surface area contributed by atoms with Gasteiger partial charge in [0.25, 0.3) is 0 Å². The van der Waals surface area contributed by atoms with Crippen LogP contribution in [0.3, 0.4) is 0 Å². The fraction of sp³-hybridized carbons (Fsp3) is 0.500. The summed E-state index contributed by atoms with van der Waals surface area (Å²) in [4.78, 5) is 21.4. The van der Waals surface area contributed by atoms with Crippen LogP contribution in [0, 0.1) is 0 Å². The smallest absolute Gasteiger partial charge is 0.333 e. The van der Waals surface area contributed by atoms with Crippen LogP contribution >= 0.6 is 0 Å². The Morgan fingerprint density at radius 3 is 2.60 bits per heavy atom. The van der Waals surface area contributed by atoms with Crippen molar-refractivity contribution in [1.29, 1.82) is 0 Å². The number of allylic oxidation sites excluding steroid dienone is 3. The highest BCUT2D eigenvalue weighted by molar-refractivity contribution is 5.88. The molecule has 0 amide bonds. The molecule has 0 heterocycles. The van der Waals surface area contributed by atoms with Gasteiger partial charge in [0.15, 0.2) is 0 Å². The first kappa shape index (κ1) is 13.6. The zero-order valence-electron chi connectivity index (χ0n) is 9.36. The summed E-state index contributed by atoms with van der Waals surface area (Å²) in [6.07, 6.45) is 9.17. The van der Waals surface area contributed by atoms with Crippen molar-refractivity contribution < 1.29 is 14.3 Å². The van der Waals surface area contributed by atoms with E-state index in [4.69, 9.17) is 0 Å². The third kappa shape index (κ3) is 6.66. The highest BCUT2D eigenvalue weighted by Crippen LogP contribution is 2.10. The second-order valence-electron chi connectivity index (χ2n) is 3.12. The number of carbonyl (C=O) groups excluding carboxylic acids is 2. The zero-order valence-corrected chi connectivity index (χ0v) is 9.36. The Morgan fingerprint density at radius 1 is 1.33 bits per heavy atom. The molecule has 0 N–H and O–H groups in total. The molecule has 84 valence electrons. The minimum atomic E-state index is -0.292. The lowest BCUT2D eigenvalue weighted by Gasteiger charge is -2.03.